The SMILES string of the molecule is CC.CC(C)OCCCN1C(=O)c2cc3occc3n2CC1(C)C=O.CC1CCCCC1N. The minimum atomic E-state index is -0.856. The lowest BCUT2D eigenvalue weighted by Gasteiger charge is -2.41. The second-order valence-corrected chi connectivity index (χ2v) is 9.42. The average molecular weight is 462 g/mol. The van der Waals surface area contributed by atoms with Crippen molar-refractivity contribution in [3.63, 3.8) is 0 Å². The fourth-order valence-electron chi connectivity index (χ4n) is 4.44. The van der Waals surface area contributed by atoms with Crippen LogP contribution in [0.1, 0.15) is 84.1 Å². The van der Waals surface area contributed by atoms with Gasteiger partial charge in [0.1, 0.15) is 17.5 Å². The minimum Gasteiger partial charge on any atom is -0.463 e. The maximum absolute atomic E-state index is 12.9. The van der Waals surface area contributed by atoms with Gasteiger partial charge in [-0.3, -0.25) is 4.79 Å². The fraction of sp³-hybridized carbons (Fsp3) is 0.692. The molecule has 1 fully saturated rings. The van der Waals surface area contributed by atoms with E-state index in [1.54, 1.807) is 24.2 Å². The van der Waals surface area contributed by atoms with Crippen molar-refractivity contribution in [1.29, 1.82) is 0 Å². The van der Waals surface area contributed by atoms with Gasteiger partial charge in [-0.15, -0.1) is 0 Å². The third kappa shape index (κ3) is 6.48. The molecule has 7 nitrogen and oxygen atoms in total. The molecule has 1 amide bonds. The summed E-state index contributed by atoms with van der Waals surface area (Å²) in [6.45, 7) is 13.5. The number of nitrogens with two attached hydrogens (primary N) is 1. The predicted octanol–water partition coefficient (Wildman–Crippen LogP) is 5.01. The summed E-state index contributed by atoms with van der Waals surface area (Å²) in [5, 5.41) is 0. The van der Waals surface area contributed by atoms with E-state index in [4.69, 9.17) is 14.9 Å². The summed E-state index contributed by atoms with van der Waals surface area (Å²) < 4.78 is 12.8. The molecule has 1 aliphatic carbocycles. The van der Waals surface area contributed by atoms with E-state index >= 15 is 0 Å². The molecular formula is C26H43N3O4. The summed E-state index contributed by atoms with van der Waals surface area (Å²) in [5.74, 6) is 0.644. The third-order valence-electron chi connectivity index (χ3n) is 6.49. The van der Waals surface area contributed by atoms with Crippen LogP contribution in [0.3, 0.4) is 0 Å². The summed E-state index contributed by atoms with van der Waals surface area (Å²) in [7, 11) is 0. The number of carbonyl (C=O) groups excluding carboxylic acids is 2. The highest BCUT2D eigenvalue weighted by molar-refractivity contribution is 6.00. The van der Waals surface area contributed by atoms with Crippen LogP contribution in [0.4, 0.5) is 0 Å². The summed E-state index contributed by atoms with van der Waals surface area (Å²) in [6, 6.07) is 4.08. The van der Waals surface area contributed by atoms with Gasteiger partial charge in [0.2, 0.25) is 0 Å². The van der Waals surface area contributed by atoms with Crippen LogP contribution in [0, 0.1) is 5.92 Å². The van der Waals surface area contributed by atoms with Gasteiger partial charge in [-0.2, -0.15) is 0 Å². The van der Waals surface area contributed by atoms with Crippen molar-refractivity contribution in [1.82, 2.24) is 9.47 Å². The Labute approximate surface area is 198 Å². The van der Waals surface area contributed by atoms with Crippen LogP contribution in [0.25, 0.3) is 11.1 Å². The van der Waals surface area contributed by atoms with Crippen LogP contribution >= 0.6 is 0 Å². The molecule has 7 heteroatoms. The van der Waals surface area contributed by atoms with Crippen LogP contribution in [0.5, 0.6) is 0 Å². The topological polar surface area (TPSA) is 90.7 Å². The van der Waals surface area contributed by atoms with E-state index in [2.05, 4.69) is 6.92 Å². The molecular weight excluding hydrogens is 418 g/mol. The minimum absolute atomic E-state index is 0.137. The smallest absolute Gasteiger partial charge is 0.271 e. The molecule has 186 valence electrons. The fourth-order valence-corrected chi connectivity index (χ4v) is 4.44. The molecule has 0 saturated heterocycles. The highest BCUT2D eigenvalue weighted by atomic mass is 16.5. The zero-order valence-corrected chi connectivity index (χ0v) is 21.3. The monoisotopic (exact) mass is 461 g/mol. The van der Waals surface area contributed by atoms with Gasteiger partial charge in [-0.1, -0.05) is 33.6 Å². The Kier molecular flexibility index (Phi) is 10.2. The van der Waals surface area contributed by atoms with Crippen molar-refractivity contribution in [3.8, 4) is 0 Å². The highest BCUT2D eigenvalue weighted by Crippen LogP contribution is 2.31. The molecule has 0 bridgehead atoms. The van der Waals surface area contributed by atoms with Gasteiger partial charge < -0.3 is 29.1 Å². The number of ether oxygens (including phenoxy) is 1. The lowest BCUT2D eigenvalue weighted by atomic mass is 9.87. The molecule has 2 aromatic rings. The number of aromatic nitrogens is 1. The van der Waals surface area contributed by atoms with E-state index in [0.29, 0.717) is 43.4 Å². The van der Waals surface area contributed by atoms with E-state index in [9.17, 15) is 9.59 Å². The summed E-state index contributed by atoms with van der Waals surface area (Å²) in [6.07, 6.45) is 8.67. The second kappa shape index (κ2) is 12.4. The first-order valence-electron chi connectivity index (χ1n) is 12.5. The first-order chi connectivity index (χ1) is 15.8. The Balaban J connectivity index is 0.000000323. The van der Waals surface area contributed by atoms with Gasteiger partial charge in [0.25, 0.3) is 5.91 Å². The van der Waals surface area contributed by atoms with Crippen LogP contribution in [0.2, 0.25) is 0 Å². The number of aldehydes is 1. The van der Waals surface area contributed by atoms with Gasteiger partial charge >= 0.3 is 0 Å². The standard InChI is InChI=1S/C17H22N2O4.C7H15N.C2H6/c1-12(2)22-7-4-6-19-16(21)14-9-15-13(5-8-23-15)18(14)10-17(19,3)11-20;1-6-4-2-3-5-7(6)8;1-2/h5,8-9,11-12H,4,6-7,10H2,1-3H3;6-7H,2-5,8H2,1H3;1-2H3. The lowest BCUT2D eigenvalue weighted by molar-refractivity contribution is -0.118. The Bertz CT molecular complexity index is 877. The molecule has 0 radical (unpaired) electrons. The van der Waals surface area contributed by atoms with Crippen molar-refractivity contribution >= 4 is 23.3 Å². The van der Waals surface area contributed by atoms with Crippen molar-refractivity contribution < 1.29 is 18.7 Å². The Hall–Kier alpha value is -2.12. The van der Waals surface area contributed by atoms with Gasteiger partial charge in [0.15, 0.2) is 5.58 Å². The number of nitrogens with zero attached hydrogens (tertiary/aromatic N) is 2. The normalized spacial score (nSPS) is 24.6. The van der Waals surface area contributed by atoms with Crippen LogP contribution in [-0.2, 0) is 16.1 Å². The number of carbonyl (C=O) groups is 2. The largest absolute Gasteiger partial charge is 0.463 e. The van der Waals surface area contributed by atoms with E-state index in [1.807, 2.05) is 38.3 Å². The molecule has 0 spiro atoms. The molecule has 3 heterocycles. The number of hydrogen-bond acceptors (Lipinski definition) is 5. The zero-order chi connectivity index (χ0) is 24.6. The van der Waals surface area contributed by atoms with Gasteiger partial charge in [0, 0.05) is 31.3 Å². The van der Waals surface area contributed by atoms with Crippen LogP contribution < -0.4 is 5.73 Å². The van der Waals surface area contributed by atoms with Crippen LogP contribution in [-0.4, -0.2) is 52.5 Å². The highest BCUT2D eigenvalue weighted by Gasteiger charge is 2.42. The maximum Gasteiger partial charge on any atom is 0.271 e. The molecule has 3 atom stereocenters. The van der Waals surface area contributed by atoms with Crippen molar-refractivity contribution in [2.45, 2.75) is 97.9 Å². The number of amides is 1. The third-order valence-corrected chi connectivity index (χ3v) is 6.49. The number of fused-ring (bicyclic) bond motifs is 3. The Morgan fingerprint density at radius 2 is 2.00 bits per heavy atom. The molecule has 2 aliphatic rings. The summed E-state index contributed by atoms with van der Waals surface area (Å²) in [5.41, 5.74) is 7.02. The van der Waals surface area contributed by atoms with Crippen molar-refractivity contribution in [2.24, 2.45) is 11.7 Å². The van der Waals surface area contributed by atoms with Gasteiger partial charge in [0.05, 0.1) is 24.4 Å². The predicted molar refractivity (Wildman–Crippen MR) is 132 cm³/mol. The summed E-state index contributed by atoms with van der Waals surface area (Å²) >= 11 is 0. The molecule has 4 rings (SSSR count). The number of furan rings is 1. The number of rotatable bonds is 6. The molecule has 1 aliphatic heterocycles. The van der Waals surface area contributed by atoms with E-state index < -0.39 is 5.54 Å². The van der Waals surface area contributed by atoms with E-state index in [-0.39, 0.29) is 12.0 Å². The van der Waals surface area contributed by atoms with Crippen LogP contribution in [0.15, 0.2) is 22.8 Å². The van der Waals surface area contributed by atoms with Crippen molar-refractivity contribution in [2.75, 3.05) is 13.2 Å². The second-order valence-electron chi connectivity index (χ2n) is 9.42. The van der Waals surface area contributed by atoms with Gasteiger partial charge in [-0.25, -0.2) is 0 Å². The van der Waals surface area contributed by atoms with Gasteiger partial charge in [-0.05, 0) is 46.0 Å². The molecule has 2 aromatic heterocycles. The first kappa shape index (κ1) is 27.1. The van der Waals surface area contributed by atoms with E-state index in [1.165, 1.54) is 25.7 Å². The lowest BCUT2D eigenvalue weighted by Crippen LogP contribution is -2.57. The Morgan fingerprint density at radius 3 is 2.58 bits per heavy atom. The first-order valence-corrected chi connectivity index (χ1v) is 12.5. The molecule has 2 N–H and O–H groups in total. The molecule has 0 aromatic carbocycles. The molecule has 3 unspecified atom stereocenters. The van der Waals surface area contributed by atoms with E-state index in [0.717, 1.165) is 17.7 Å². The maximum atomic E-state index is 12.9. The quantitative estimate of drug-likeness (QED) is 0.482. The summed E-state index contributed by atoms with van der Waals surface area (Å²) in [4.78, 5) is 26.2. The number of hydrogen-bond donors (Lipinski definition) is 1. The molecule has 33 heavy (non-hydrogen) atoms. The molecule has 1 saturated carbocycles. The Morgan fingerprint density at radius 1 is 1.30 bits per heavy atom. The van der Waals surface area contributed by atoms with Crippen molar-refractivity contribution in [3.05, 3.63) is 24.1 Å². The average Bonchev–Trinajstić information content (AvgIpc) is 3.39. The zero-order valence-electron chi connectivity index (χ0n) is 21.3.